The zero-order chi connectivity index (χ0) is 18.8. The summed E-state index contributed by atoms with van der Waals surface area (Å²) in [5, 5.41) is 11.1. The third kappa shape index (κ3) is 4.19. The number of aryl methyl sites for hydroxylation is 2. The van der Waals surface area contributed by atoms with Crippen molar-refractivity contribution >= 4 is 17.2 Å². The number of hydrogen-bond donors (Lipinski definition) is 1. The minimum Gasteiger partial charge on any atom is -0.374 e. The van der Waals surface area contributed by atoms with Gasteiger partial charge in [0.15, 0.2) is 0 Å². The molecule has 0 radical (unpaired) electrons. The molecular formula is C17H19F3N2O2S. The Hall–Kier alpha value is -1.93. The molecule has 0 saturated heterocycles. The van der Waals surface area contributed by atoms with Gasteiger partial charge in [0.2, 0.25) is 11.5 Å². The molecule has 136 valence electrons. The van der Waals surface area contributed by atoms with Crippen molar-refractivity contribution in [3.05, 3.63) is 51.5 Å². The van der Waals surface area contributed by atoms with Crippen molar-refractivity contribution in [1.29, 1.82) is 0 Å². The molecule has 0 unspecified atom stereocenters. The second-order valence-electron chi connectivity index (χ2n) is 6.01. The van der Waals surface area contributed by atoms with Gasteiger partial charge in [0, 0.05) is 24.7 Å². The summed E-state index contributed by atoms with van der Waals surface area (Å²) in [5.74, 6) is -0.809. The van der Waals surface area contributed by atoms with Crippen molar-refractivity contribution in [3.8, 4) is 0 Å². The van der Waals surface area contributed by atoms with Crippen LogP contribution in [-0.2, 0) is 16.9 Å². The van der Waals surface area contributed by atoms with Crippen LogP contribution in [0.5, 0.6) is 0 Å². The zero-order valence-corrected chi connectivity index (χ0v) is 14.9. The lowest BCUT2D eigenvalue weighted by Crippen LogP contribution is -2.46. The summed E-state index contributed by atoms with van der Waals surface area (Å²) in [6.07, 6.45) is -6.11. The molecule has 1 heterocycles. The van der Waals surface area contributed by atoms with E-state index in [2.05, 4.69) is 4.98 Å². The van der Waals surface area contributed by atoms with Crippen LogP contribution in [0.1, 0.15) is 28.2 Å². The van der Waals surface area contributed by atoms with Gasteiger partial charge < -0.3 is 10.0 Å². The van der Waals surface area contributed by atoms with E-state index in [-0.39, 0.29) is 6.54 Å². The topological polar surface area (TPSA) is 53.4 Å². The molecule has 0 aliphatic carbocycles. The summed E-state index contributed by atoms with van der Waals surface area (Å²) in [6.45, 7) is 3.55. The number of thiazole rings is 1. The van der Waals surface area contributed by atoms with Gasteiger partial charge in [0.05, 0.1) is 6.42 Å². The first kappa shape index (κ1) is 19.4. The molecule has 2 rings (SSSR count). The van der Waals surface area contributed by atoms with Crippen molar-refractivity contribution in [3.63, 3.8) is 0 Å². The molecule has 0 spiro atoms. The van der Waals surface area contributed by atoms with E-state index in [0.29, 0.717) is 17.0 Å². The smallest absolute Gasteiger partial charge is 0.374 e. The van der Waals surface area contributed by atoms with Crippen LogP contribution >= 0.6 is 11.3 Å². The van der Waals surface area contributed by atoms with Gasteiger partial charge in [0.1, 0.15) is 5.01 Å². The van der Waals surface area contributed by atoms with Gasteiger partial charge in [-0.3, -0.25) is 4.79 Å². The highest BCUT2D eigenvalue weighted by atomic mass is 32.1. The van der Waals surface area contributed by atoms with Gasteiger partial charge in [-0.2, -0.15) is 13.2 Å². The molecule has 1 aromatic carbocycles. The monoisotopic (exact) mass is 372 g/mol. The normalized spacial score (nSPS) is 14.2. The Morgan fingerprint density at radius 1 is 1.28 bits per heavy atom. The van der Waals surface area contributed by atoms with Gasteiger partial charge >= 0.3 is 6.18 Å². The molecule has 1 aromatic heterocycles. The number of alkyl halides is 3. The third-order valence-electron chi connectivity index (χ3n) is 3.94. The van der Waals surface area contributed by atoms with Crippen LogP contribution in [0.15, 0.2) is 29.6 Å². The minimum atomic E-state index is -5.00. The number of benzene rings is 1. The second kappa shape index (κ2) is 7.13. The Kier molecular flexibility index (Phi) is 5.53. The van der Waals surface area contributed by atoms with Crippen molar-refractivity contribution in [2.75, 3.05) is 7.05 Å². The fourth-order valence-electron chi connectivity index (χ4n) is 2.33. The lowest BCUT2D eigenvalue weighted by atomic mass is 9.98. The van der Waals surface area contributed by atoms with E-state index >= 15 is 0 Å². The highest BCUT2D eigenvalue weighted by Gasteiger charge is 2.58. The molecule has 0 fully saturated rings. The fraction of sp³-hybridized carbons (Fsp3) is 0.412. The van der Waals surface area contributed by atoms with E-state index < -0.39 is 29.1 Å². The van der Waals surface area contributed by atoms with Gasteiger partial charge in [-0.15, -0.1) is 11.3 Å². The van der Waals surface area contributed by atoms with Crippen LogP contribution < -0.4 is 0 Å². The molecule has 1 atom stereocenters. The van der Waals surface area contributed by atoms with E-state index in [0.717, 1.165) is 11.1 Å². The molecule has 8 heteroatoms. The molecule has 0 aliphatic rings. The van der Waals surface area contributed by atoms with E-state index in [4.69, 9.17) is 0 Å². The molecule has 0 aliphatic heterocycles. The molecule has 25 heavy (non-hydrogen) atoms. The first-order valence-corrected chi connectivity index (χ1v) is 8.43. The number of carbonyl (C=O) groups is 1. The number of hydrogen-bond acceptors (Lipinski definition) is 4. The summed E-state index contributed by atoms with van der Waals surface area (Å²) in [7, 11) is 1.42. The Morgan fingerprint density at radius 3 is 2.44 bits per heavy atom. The Bertz CT molecular complexity index is 760. The van der Waals surface area contributed by atoms with E-state index in [1.165, 1.54) is 24.3 Å². The summed E-state index contributed by atoms with van der Waals surface area (Å²) < 4.78 is 40.4. The van der Waals surface area contributed by atoms with Crippen molar-refractivity contribution in [2.45, 2.75) is 38.6 Å². The van der Waals surface area contributed by atoms with Gasteiger partial charge in [-0.25, -0.2) is 4.98 Å². The number of halogens is 3. The van der Waals surface area contributed by atoms with Crippen LogP contribution in [-0.4, -0.2) is 34.1 Å². The van der Waals surface area contributed by atoms with Crippen molar-refractivity contribution in [1.82, 2.24) is 9.88 Å². The van der Waals surface area contributed by atoms with Crippen LogP contribution in [0, 0.1) is 13.8 Å². The average Bonchev–Trinajstić information content (AvgIpc) is 2.95. The average molecular weight is 372 g/mol. The largest absolute Gasteiger partial charge is 0.424 e. The van der Waals surface area contributed by atoms with Crippen LogP contribution in [0.25, 0.3) is 0 Å². The highest BCUT2D eigenvalue weighted by molar-refractivity contribution is 7.09. The zero-order valence-electron chi connectivity index (χ0n) is 14.1. The number of aliphatic hydroxyl groups is 1. The SMILES string of the molecule is Cc1csc([C@](O)(CC(=O)N(C)Cc2ccccc2C)C(F)(F)F)n1. The summed E-state index contributed by atoms with van der Waals surface area (Å²) >= 11 is 0.692. The molecule has 4 nitrogen and oxygen atoms in total. The predicted octanol–water partition coefficient (Wildman–Crippen LogP) is 3.56. The van der Waals surface area contributed by atoms with E-state index in [9.17, 15) is 23.1 Å². The first-order valence-electron chi connectivity index (χ1n) is 7.55. The summed E-state index contributed by atoms with van der Waals surface area (Å²) in [5.41, 5.74) is -1.16. The second-order valence-corrected chi connectivity index (χ2v) is 6.86. The van der Waals surface area contributed by atoms with Gasteiger partial charge in [0.25, 0.3) is 0 Å². The van der Waals surface area contributed by atoms with Gasteiger partial charge in [-0.1, -0.05) is 24.3 Å². The summed E-state index contributed by atoms with van der Waals surface area (Å²) in [6, 6.07) is 7.30. The van der Waals surface area contributed by atoms with Crippen molar-refractivity contribution < 1.29 is 23.1 Å². The lowest BCUT2D eigenvalue weighted by molar-refractivity contribution is -0.268. The van der Waals surface area contributed by atoms with Crippen LogP contribution in [0.2, 0.25) is 0 Å². The molecule has 1 amide bonds. The Balaban J connectivity index is 2.21. The maximum atomic E-state index is 13.5. The molecule has 2 aromatic rings. The Labute approximate surface area is 147 Å². The molecule has 0 bridgehead atoms. The lowest BCUT2D eigenvalue weighted by Gasteiger charge is -2.30. The fourth-order valence-corrected chi connectivity index (χ4v) is 3.24. The number of rotatable bonds is 5. The molecular weight excluding hydrogens is 353 g/mol. The van der Waals surface area contributed by atoms with E-state index in [1.807, 2.05) is 19.1 Å². The number of aromatic nitrogens is 1. The number of carbonyl (C=O) groups excluding carboxylic acids is 1. The van der Waals surface area contributed by atoms with Crippen LogP contribution in [0.4, 0.5) is 13.2 Å². The van der Waals surface area contributed by atoms with E-state index in [1.54, 1.807) is 12.1 Å². The molecule has 0 saturated carbocycles. The third-order valence-corrected chi connectivity index (χ3v) is 5.05. The number of amides is 1. The minimum absolute atomic E-state index is 0.163. The van der Waals surface area contributed by atoms with Gasteiger partial charge in [-0.05, 0) is 25.0 Å². The first-order chi connectivity index (χ1) is 11.5. The quantitative estimate of drug-likeness (QED) is 0.873. The number of nitrogens with zero attached hydrogens (tertiary/aromatic N) is 2. The highest BCUT2D eigenvalue weighted by Crippen LogP contribution is 2.43. The van der Waals surface area contributed by atoms with Crippen molar-refractivity contribution in [2.24, 2.45) is 0 Å². The summed E-state index contributed by atoms with van der Waals surface area (Å²) in [4.78, 5) is 17.3. The Morgan fingerprint density at radius 2 is 1.92 bits per heavy atom. The maximum Gasteiger partial charge on any atom is 0.424 e. The maximum absolute atomic E-state index is 13.5. The predicted molar refractivity (Wildman–Crippen MR) is 89.1 cm³/mol. The standard InChI is InChI=1S/C17H19F3N2O2S/c1-11-6-4-5-7-13(11)9-22(3)14(23)8-16(24,17(18,19)20)15-21-12(2)10-25-15/h4-7,10,24H,8-9H2,1-3H3/t16-/m1/s1. The van der Waals surface area contributed by atoms with Crippen LogP contribution in [0.3, 0.4) is 0 Å². The molecule has 1 N–H and O–H groups in total.